The van der Waals surface area contributed by atoms with Gasteiger partial charge < -0.3 is 5.21 Å². The van der Waals surface area contributed by atoms with Crippen LogP contribution in [0.4, 0.5) is 0 Å². The Kier molecular flexibility index (Phi) is 1.60. The van der Waals surface area contributed by atoms with Crippen LogP contribution in [0.15, 0.2) is 18.7 Å². The molecule has 1 aromatic heterocycles. The minimum atomic E-state index is 0.493. The van der Waals surface area contributed by atoms with Crippen LogP contribution < -0.4 is 0 Å². The third-order valence-electron chi connectivity index (χ3n) is 0.735. The first-order valence-electron chi connectivity index (χ1n) is 2.27. The zero-order chi connectivity index (χ0) is 6.53. The molecule has 1 heterocycles. The molecular weight excluding hydrogens is 118 g/mol. The fraction of sp³-hybridized carbons (Fsp3) is 0. The van der Waals surface area contributed by atoms with E-state index >= 15 is 0 Å². The van der Waals surface area contributed by atoms with E-state index in [0.29, 0.717) is 5.56 Å². The highest BCUT2D eigenvalue weighted by atomic mass is 16.4. The highest BCUT2D eigenvalue weighted by Gasteiger charge is 1.89. The highest BCUT2D eigenvalue weighted by Crippen LogP contribution is 1.87. The Morgan fingerprint density at radius 1 is 1.44 bits per heavy atom. The maximum absolute atomic E-state index is 9.56. The first-order valence-corrected chi connectivity index (χ1v) is 2.27. The van der Waals surface area contributed by atoms with Gasteiger partial charge in [0.05, 0.1) is 12.4 Å². The molecule has 44 valence electrons. The van der Waals surface area contributed by atoms with Gasteiger partial charge in [-0.15, -0.1) is 0 Å². The summed E-state index contributed by atoms with van der Waals surface area (Å²) < 4.78 is 0. The molecule has 0 aromatic carbocycles. The molecule has 0 aliphatic carbocycles. The summed E-state index contributed by atoms with van der Waals surface area (Å²) in [6.07, 6.45) is 4.28. The molecule has 1 rings (SSSR count). The van der Waals surface area contributed by atoms with Crippen molar-refractivity contribution in [2.45, 2.75) is 0 Å². The lowest BCUT2D eigenvalue weighted by atomic mass is 10.4. The lowest BCUT2D eigenvalue weighted by Crippen LogP contribution is -1.77. The van der Waals surface area contributed by atoms with Crippen molar-refractivity contribution in [3.8, 4) is 6.07 Å². The van der Waals surface area contributed by atoms with Gasteiger partial charge >= 0.3 is 6.07 Å². The normalized spacial score (nSPS) is 7.56. The van der Waals surface area contributed by atoms with Crippen molar-refractivity contribution in [2.75, 3.05) is 0 Å². The minimum Gasteiger partial charge on any atom is -0.498 e. The molecule has 4 nitrogen and oxygen atoms in total. The molecule has 0 saturated carbocycles. The summed E-state index contributed by atoms with van der Waals surface area (Å²) >= 11 is 0. The van der Waals surface area contributed by atoms with E-state index in [9.17, 15) is 5.21 Å². The second kappa shape index (κ2) is 2.62. The smallest absolute Gasteiger partial charge is 0.339 e. The standard InChI is InChI=1S/C5H3N3O/c9-8-3-5-1-6-4-7-2-5/h1-2,4H. The van der Waals surface area contributed by atoms with Gasteiger partial charge in [-0.2, -0.15) is 0 Å². The van der Waals surface area contributed by atoms with E-state index in [1.54, 1.807) is 0 Å². The van der Waals surface area contributed by atoms with Gasteiger partial charge in [0.1, 0.15) is 11.9 Å². The second-order valence-corrected chi connectivity index (χ2v) is 1.33. The summed E-state index contributed by atoms with van der Waals surface area (Å²) in [6, 6.07) is 2.15. The Morgan fingerprint density at radius 3 is 2.67 bits per heavy atom. The Hall–Kier alpha value is -1.63. The van der Waals surface area contributed by atoms with E-state index in [2.05, 4.69) is 21.0 Å². The molecule has 4 heteroatoms. The minimum absolute atomic E-state index is 0.493. The van der Waals surface area contributed by atoms with Crippen molar-refractivity contribution in [3.63, 3.8) is 0 Å². The Labute approximate surface area is 51.6 Å². The first-order chi connectivity index (χ1) is 4.43. The molecule has 0 amide bonds. The summed E-state index contributed by atoms with van der Waals surface area (Å²) in [5.41, 5.74) is 0.493. The van der Waals surface area contributed by atoms with Crippen LogP contribution in [0.2, 0.25) is 0 Å². The fourth-order valence-corrected chi connectivity index (χ4v) is 0.410. The van der Waals surface area contributed by atoms with E-state index in [1.807, 2.05) is 0 Å². The second-order valence-electron chi connectivity index (χ2n) is 1.33. The zero-order valence-electron chi connectivity index (χ0n) is 4.48. The summed E-state index contributed by atoms with van der Waals surface area (Å²) in [6.45, 7) is 0. The predicted octanol–water partition coefficient (Wildman–Crippen LogP) is 0.655. The number of nitrogens with zero attached hydrogens (tertiary/aromatic N) is 3. The predicted molar refractivity (Wildman–Crippen MR) is 31.7 cm³/mol. The maximum Gasteiger partial charge on any atom is 0.339 e. The van der Waals surface area contributed by atoms with Crippen LogP contribution in [0.3, 0.4) is 0 Å². The van der Waals surface area contributed by atoms with Gasteiger partial charge in [0, 0.05) is 5.01 Å². The molecule has 0 aliphatic rings. The molecule has 9 heavy (non-hydrogen) atoms. The summed E-state index contributed by atoms with van der Waals surface area (Å²) in [7, 11) is 0. The third-order valence-corrected chi connectivity index (χ3v) is 0.735. The van der Waals surface area contributed by atoms with Crippen LogP contribution in [0.1, 0.15) is 5.56 Å². The lowest BCUT2D eigenvalue weighted by molar-refractivity contribution is 1.16. The number of aromatic nitrogens is 2. The van der Waals surface area contributed by atoms with Crippen molar-refractivity contribution < 1.29 is 0 Å². The van der Waals surface area contributed by atoms with Gasteiger partial charge in [0.2, 0.25) is 0 Å². The summed E-state index contributed by atoms with van der Waals surface area (Å²) in [5, 5.41) is 12.0. The summed E-state index contributed by atoms with van der Waals surface area (Å²) in [5.74, 6) is 0. The van der Waals surface area contributed by atoms with E-state index in [-0.39, 0.29) is 0 Å². The monoisotopic (exact) mass is 121 g/mol. The van der Waals surface area contributed by atoms with Crippen molar-refractivity contribution in [1.29, 1.82) is 0 Å². The molecule has 0 spiro atoms. The molecule has 0 fully saturated rings. The van der Waals surface area contributed by atoms with Crippen molar-refractivity contribution in [3.05, 3.63) is 34.5 Å². The molecular formula is C5H3N3O. The number of rotatable bonds is 0. The Balaban J connectivity index is 2.94. The lowest BCUT2D eigenvalue weighted by Gasteiger charge is -1.76. The Morgan fingerprint density at radius 2 is 2.11 bits per heavy atom. The van der Waals surface area contributed by atoms with E-state index < -0.39 is 0 Å². The van der Waals surface area contributed by atoms with Crippen molar-refractivity contribution in [1.82, 2.24) is 9.97 Å². The molecule has 0 atom stereocenters. The first kappa shape index (κ1) is 5.51. The largest absolute Gasteiger partial charge is 0.498 e. The average Bonchev–Trinajstić information content (AvgIpc) is 1.91. The van der Waals surface area contributed by atoms with Crippen LogP contribution >= 0.6 is 0 Å². The molecule has 0 aliphatic heterocycles. The van der Waals surface area contributed by atoms with E-state index in [4.69, 9.17) is 0 Å². The molecule has 0 saturated heterocycles. The van der Waals surface area contributed by atoms with Crippen molar-refractivity contribution in [2.24, 2.45) is 0 Å². The van der Waals surface area contributed by atoms with Gasteiger partial charge in [-0.1, -0.05) is 0 Å². The number of hydrogen-bond acceptors (Lipinski definition) is 3. The third kappa shape index (κ3) is 1.39. The molecule has 0 unspecified atom stereocenters. The highest BCUT2D eigenvalue weighted by molar-refractivity contribution is 5.25. The van der Waals surface area contributed by atoms with Gasteiger partial charge in [-0.05, 0) is 0 Å². The molecule has 0 radical (unpaired) electrons. The van der Waals surface area contributed by atoms with E-state index in [1.165, 1.54) is 18.7 Å². The SMILES string of the molecule is [O-][N+]#Cc1cncnc1. The van der Waals surface area contributed by atoms with Gasteiger partial charge in [-0.25, -0.2) is 9.97 Å². The fourth-order valence-electron chi connectivity index (χ4n) is 0.410. The quantitative estimate of drug-likeness (QED) is 0.473. The van der Waals surface area contributed by atoms with Gasteiger partial charge in [0.25, 0.3) is 0 Å². The molecule has 0 N–H and O–H groups in total. The van der Waals surface area contributed by atoms with Crippen LogP contribution in [-0.2, 0) is 0 Å². The van der Waals surface area contributed by atoms with Crippen LogP contribution in [0, 0.1) is 11.3 Å². The van der Waals surface area contributed by atoms with Gasteiger partial charge in [-0.3, -0.25) is 0 Å². The summed E-state index contributed by atoms with van der Waals surface area (Å²) in [4.78, 5) is 7.26. The van der Waals surface area contributed by atoms with Crippen LogP contribution in [-0.4, -0.2) is 9.97 Å². The van der Waals surface area contributed by atoms with Gasteiger partial charge in [0.15, 0.2) is 0 Å². The maximum atomic E-state index is 9.56. The number of hydrogen-bond donors (Lipinski definition) is 0. The topological polar surface area (TPSA) is 53.2 Å². The Bertz CT molecular complexity index is 235. The van der Waals surface area contributed by atoms with Crippen LogP contribution in [0.5, 0.6) is 0 Å². The van der Waals surface area contributed by atoms with Crippen molar-refractivity contribution >= 4 is 0 Å². The molecule has 1 aromatic rings. The average molecular weight is 121 g/mol. The van der Waals surface area contributed by atoms with E-state index in [0.717, 1.165) is 0 Å². The molecule has 0 bridgehead atoms. The van der Waals surface area contributed by atoms with Crippen LogP contribution in [0.25, 0.3) is 5.01 Å². The zero-order valence-corrected chi connectivity index (χ0v) is 4.48.